The zero-order chi connectivity index (χ0) is 18.7. The van der Waals surface area contributed by atoms with Gasteiger partial charge in [-0.25, -0.2) is 4.79 Å². The number of benzene rings is 2. The summed E-state index contributed by atoms with van der Waals surface area (Å²) in [6.45, 7) is -0.397. The molecule has 7 heteroatoms. The van der Waals surface area contributed by atoms with Crippen LogP contribution in [0, 0.1) is 0 Å². The summed E-state index contributed by atoms with van der Waals surface area (Å²) < 4.78 is 12.0. The third kappa shape index (κ3) is 3.65. The highest BCUT2D eigenvalue weighted by atomic mass is 35.5. The number of hydrogen-bond acceptors (Lipinski definition) is 4. The number of nitrogens with one attached hydrogen (secondary N) is 1. The Hall–Kier alpha value is -2.99. The molecule has 3 aromatic rings. The van der Waals surface area contributed by atoms with E-state index in [2.05, 4.69) is 5.32 Å². The molecular weight excluding hydrogens is 356 g/mol. The van der Waals surface area contributed by atoms with Crippen molar-refractivity contribution in [1.29, 1.82) is 0 Å². The van der Waals surface area contributed by atoms with E-state index < -0.39 is 18.5 Å². The Morgan fingerprint density at radius 2 is 1.96 bits per heavy atom. The molecule has 0 atom stereocenters. The molecular formula is C19H17ClN2O4. The van der Waals surface area contributed by atoms with Crippen molar-refractivity contribution in [2.24, 2.45) is 7.05 Å². The van der Waals surface area contributed by atoms with Crippen molar-refractivity contribution in [3.05, 3.63) is 59.2 Å². The third-order valence-electron chi connectivity index (χ3n) is 3.89. The fraction of sp³-hybridized carbons (Fsp3) is 0.158. The summed E-state index contributed by atoms with van der Waals surface area (Å²) in [7, 11) is 3.35. The Morgan fingerprint density at radius 3 is 2.69 bits per heavy atom. The minimum atomic E-state index is -0.551. The SMILES string of the molecule is COc1ccc(NC(=O)COC(=O)c2cn(C)c3ccccc23)cc1Cl. The molecule has 1 N–H and O–H groups in total. The molecule has 0 saturated heterocycles. The highest BCUT2D eigenvalue weighted by Crippen LogP contribution is 2.27. The minimum Gasteiger partial charge on any atom is -0.495 e. The number of carbonyl (C=O) groups is 2. The Balaban J connectivity index is 1.64. The van der Waals surface area contributed by atoms with Crippen LogP contribution < -0.4 is 10.1 Å². The highest BCUT2D eigenvalue weighted by Gasteiger charge is 2.16. The third-order valence-corrected chi connectivity index (χ3v) is 4.18. The number of anilines is 1. The molecule has 1 aromatic heterocycles. The fourth-order valence-corrected chi connectivity index (χ4v) is 2.91. The molecule has 6 nitrogen and oxygen atoms in total. The number of rotatable bonds is 5. The van der Waals surface area contributed by atoms with Gasteiger partial charge in [0.25, 0.3) is 5.91 Å². The van der Waals surface area contributed by atoms with E-state index >= 15 is 0 Å². The van der Waals surface area contributed by atoms with Crippen molar-refractivity contribution >= 4 is 40.1 Å². The first-order chi connectivity index (χ1) is 12.5. The highest BCUT2D eigenvalue weighted by molar-refractivity contribution is 6.32. The maximum absolute atomic E-state index is 12.3. The summed E-state index contributed by atoms with van der Waals surface area (Å²) in [5, 5.41) is 3.78. The molecule has 0 aliphatic heterocycles. The summed E-state index contributed by atoms with van der Waals surface area (Å²) in [5.41, 5.74) is 1.82. The van der Waals surface area contributed by atoms with Crippen LogP contribution in [0.15, 0.2) is 48.7 Å². The minimum absolute atomic E-state index is 0.373. The van der Waals surface area contributed by atoms with Crippen molar-refractivity contribution in [3.63, 3.8) is 0 Å². The van der Waals surface area contributed by atoms with E-state index in [0.717, 1.165) is 10.9 Å². The van der Waals surface area contributed by atoms with Gasteiger partial charge >= 0.3 is 5.97 Å². The van der Waals surface area contributed by atoms with Crippen molar-refractivity contribution in [2.45, 2.75) is 0 Å². The van der Waals surface area contributed by atoms with Gasteiger partial charge in [0.1, 0.15) is 5.75 Å². The fourth-order valence-electron chi connectivity index (χ4n) is 2.65. The molecule has 26 heavy (non-hydrogen) atoms. The van der Waals surface area contributed by atoms with Crippen LogP contribution in [0.1, 0.15) is 10.4 Å². The first-order valence-corrected chi connectivity index (χ1v) is 8.22. The van der Waals surface area contributed by atoms with Gasteiger partial charge in [-0.05, 0) is 24.3 Å². The van der Waals surface area contributed by atoms with E-state index in [1.165, 1.54) is 7.11 Å². The lowest BCUT2D eigenvalue weighted by molar-refractivity contribution is -0.119. The normalized spacial score (nSPS) is 10.6. The summed E-state index contributed by atoms with van der Waals surface area (Å²) in [6, 6.07) is 12.3. The van der Waals surface area contributed by atoms with Crippen molar-refractivity contribution in [2.75, 3.05) is 19.0 Å². The number of methoxy groups -OCH3 is 1. The van der Waals surface area contributed by atoms with E-state index in [1.54, 1.807) is 24.4 Å². The average molecular weight is 373 g/mol. The van der Waals surface area contributed by atoms with Gasteiger partial charge in [-0.3, -0.25) is 4.79 Å². The monoisotopic (exact) mass is 372 g/mol. The topological polar surface area (TPSA) is 69.6 Å². The Labute approximate surface area is 155 Å². The van der Waals surface area contributed by atoms with E-state index in [0.29, 0.717) is 22.0 Å². The van der Waals surface area contributed by atoms with Crippen LogP contribution >= 0.6 is 11.6 Å². The molecule has 1 heterocycles. The van der Waals surface area contributed by atoms with Crippen molar-refractivity contribution in [3.8, 4) is 5.75 Å². The number of amides is 1. The maximum Gasteiger partial charge on any atom is 0.340 e. The first-order valence-electron chi connectivity index (χ1n) is 7.84. The second-order valence-corrected chi connectivity index (χ2v) is 6.05. The zero-order valence-electron chi connectivity index (χ0n) is 14.3. The van der Waals surface area contributed by atoms with Gasteiger partial charge in [-0.1, -0.05) is 29.8 Å². The molecule has 0 unspecified atom stereocenters. The molecule has 2 aromatic carbocycles. The van der Waals surface area contributed by atoms with Gasteiger partial charge in [-0.15, -0.1) is 0 Å². The van der Waals surface area contributed by atoms with E-state index in [9.17, 15) is 9.59 Å². The quantitative estimate of drug-likeness (QED) is 0.694. The lowest BCUT2D eigenvalue weighted by Gasteiger charge is -2.08. The van der Waals surface area contributed by atoms with Gasteiger partial charge in [-0.2, -0.15) is 0 Å². The Kier molecular flexibility index (Phi) is 5.14. The van der Waals surface area contributed by atoms with Gasteiger partial charge in [0.15, 0.2) is 6.61 Å². The molecule has 3 rings (SSSR count). The summed E-state index contributed by atoms with van der Waals surface area (Å²) in [5.74, 6) is -0.503. The number of hydrogen-bond donors (Lipinski definition) is 1. The molecule has 134 valence electrons. The van der Waals surface area contributed by atoms with E-state index in [1.807, 2.05) is 35.9 Å². The largest absolute Gasteiger partial charge is 0.495 e. The van der Waals surface area contributed by atoms with Crippen molar-refractivity contribution in [1.82, 2.24) is 4.57 Å². The number of esters is 1. The smallest absolute Gasteiger partial charge is 0.340 e. The van der Waals surface area contributed by atoms with Crippen LogP contribution in [0.25, 0.3) is 10.9 Å². The van der Waals surface area contributed by atoms with Gasteiger partial charge in [0.2, 0.25) is 0 Å². The number of nitrogens with zero attached hydrogens (tertiary/aromatic N) is 1. The first kappa shape index (κ1) is 17.8. The number of ether oxygens (including phenoxy) is 2. The Bertz CT molecular complexity index is 981. The standard InChI is InChI=1S/C19H17ClN2O4/c1-22-10-14(13-5-3-4-6-16(13)22)19(24)26-11-18(23)21-12-7-8-17(25-2)15(20)9-12/h3-10H,11H2,1-2H3,(H,21,23). The number of fused-ring (bicyclic) bond motifs is 1. The molecule has 0 aliphatic rings. The van der Waals surface area contributed by atoms with E-state index in [4.69, 9.17) is 21.1 Å². The molecule has 0 radical (unpaired) electrons. The number of carbonyl (C=O) groups excluding carboxylic acids is 2. The zero-order valence-corrected chi connectivity index (χ0v) is 15.0. The van der Waals surface area contributed by atoms with Crippen LogP contribution in [-0.2, 0) is 16.6 Å². The lowest BCUT2D eigenvalue weighted by atomic mass is 10.2. The molecule has 0 spiro atoms. The van der Waals surface area contributed by atoms with Gasteiger partial charge in [0, 0.05) is 29.8 Å². The number of halogens is 1. The summed E-state index contributed by atoms with van der Waals surface area (Å²) in [6.07, 6.45) is 1.69. The lowest BCUT2D eigenvalue weighted by Crippen LogP contribution is -2.20. The maximum atomic E-state index is 12.3. The number of para-hydroxylation sites is 1. The van der Waals surface area contributed by atoms with Crippen LogP contribution in [-0.4, -0.2) is 30.2 Å². The predicted molar refractivity (Wildman–Crippen MR) is 99.8 cm³/mol. The second-order valence-electron chi connectivity index (χ2n) is 5.64. The van der Waals surface area contributed by atoms with Crippen LogP contribution in [0.5, 0.6) is 5.75 Å². The van der Waals surface area contributed by atoms with E-state index in [-0.39, 0.29) is 0 Å². The molecule has 0 fully saturated rings. The van der Waals surface area contributed by atoms with Crippen LogP contribution in [0.2, 0.25) is 5.02 Å². The predicted octanol–water partition coefficient (Wildman–Crippen LogP) is 3.64. The molecule has 0 aliphatic carbocycles. The Morgan fingerprint density at radius 1 is 1.19 bits per heavy atom. The molecule has 1 amide bonds. The van der Waals surface area contributed by atoms with Gasteiger partial charge < -0.3 is 19.4 Å². The average Bonchev–Trinajstić information content (AvgIpc) is 2.97. The molecule has 0 saturated carbocycles. The second kappa shape index (κ2) is 7.49. The number of aryl methyl sites for hydroxylation is 1. The summed E-state index contributed by atoms with van der Waals surface area (Å²) in [4.78, 5) is 24.3. The molecule has 0 bridgehead atoms. The van der Waals surface area contributed by atoms with Crippen LogP contribution in [0.3, 0.4) is 0 Å². The number of aromatic nitrogens is 1. The summed E-state index contributed by atoms with van der Waals surface area (Å²) >= 11 is 6.01. The van der Waals surface area contributed by atoms with Crippen molar-refractivity contribution < 1.29 is 19.1 Å². The van der Waals surface area contributed by atoms with Crippen LogP contribution in [0.4, 0.5) is 5.69 Å². The van der Waals surface area contributed by atoms with Gasteiger partial charge in [0.05, 0.1) is 17.7 Å².